The molecule has 0 radical (unpaired) electrons. The van der Waals surface area contributed by atoms with Crippen molar-refractivity contribution in [3.63, 3.8) is 0 Å². The van der Waals surface area contributed by atoms with Crippen molar-refractivity contribution >= 4 is 40.4 Å². The summed E-state index contributed by atoms with van der Waals surface area (Å²) in [5.41, 5.74) is 17.5. The van der Waals surface area contributed by atoms with Gasteiger partial charge in [-0.25, -0.2) is 4.79 Å². The molecular weight excluding hydrogens is 454 g/mol. The maximum absolute atomic E-state index is 13.0. The van der Waals surface area contributed by atoms with Crippen LogP contribution in [-0.2, 0) is 9.59 Å². The second-order valence-electron chi connectivity index (χ2n) is 8.08. The quantitative estimate of drug-likeness (QED) is 0.0800. The van der Waals surface area contributed by atoms with E-state index in [1.807, 2.05) is 0 Å². The third-order valence-corrected chi connectivity index (χ3v) is 5.18. The van der Waals surface area contributed by atoms with Crippen LogP contribution < -0.4 is 44.1 Å². The number of fused-ring (bicyclic) bond motifs is 1. The molecule has 190 valence electrons. The van der Waals surface area contributed by atoms with E-state index in [9.17, 15) is 14.4 Å². The molecule has 0 fully saturated rings. The van der Waals surface area contributed by atoms with Gasteiger partial charge in [0.2, 0.25) is 11.8 Å². The van der Waals surface area contributed by atoms with Gasteiger partial charge in [0.15, 0.2) is 11.9 Å². The van der Waals surface area contributed by atoms with Gasteiger partial charge in [-0.1, -0.05) is 0 Å². The first-order valence-electron chi connectivity index (χ1n) is 11.1. The Morgan fingerprint density at radius 1 is 1.00 bits per heavy atom. The van der Waals surface area contributed by atoms with Crippen molar-refractivity contribution in [1.29, 1.82) is 10.8 Å². The zero-order valence-corrected chi connectivity index (χ0v) is 19.6. The van der Waals surface area contributed by atoms with Gasteiger partial charge < -0.3 is 42.9 Å². The number of nitrogens with one attached hydrogen (secondary N) is 6. The average molecular weight is 488 g/mol. The highest BCUT2D eigenvalue weighted by molar-refractivity contribution is 5.99. The summed E-state index contributed by atoms with van der Waals surface area (Å²) in [5.74, 6) is -1.32. The number of guanidine groups is 2. The van der Waals surface area contributed by atoms with Crippen LogP contribution in [0, 0.1) is 17.7 Å². The van der Waals surface area contributed by atoms with E-state index in [1.165, 1.54) is 6.07 Å². The van der Waals surface area contributed by atoms with Crippen molar-refractivity contribution in [3.05, 3.63) is 40.2 Å². The van der Waals surface area contributed by atoms with Crippen molar-refractivity contribution < 1.29 is 14.0 Å². The number of anilines is 1. The van der Waals surface area contributed by atoms with Crippen molar-refractivity contribution in [3.8, 4) is 0 Å². The molecule has 1 heterocycles. The molecule has 2 rings (SSSR count). The molecule has 0 saturated heterocycles. The van der Waals surface area contributed by atoms with Gasteiger partial charge >= 0.3 is 5.63 Å². The van der Waals surface area contributed by atoms with Crippen LogP contribution in [0.3, 0.4) is 0 Å². The molecule has 2 aromatic rings. The molecule has 2 amide bonds. The van der Waals surface area contributed by atoms with E-state index in [1.54, 1.807) is 25.1 Å². The van der Waals surface area contributed by atoms with Crippen LogP contribution >= 0.6 is 0 Å². The fourth-order valence-electron chi connectivity index (χ4n) is 3.38. The molecule has 0 aliphatic heterocycles. The van der Waals surface area contributed by atoms with Crippen molar-refractivity contribution in [1.82, 2.24) is 16.0 Å². The van der Waals surface area contributed by atoms with Gasteiger partial charge in [-0.2, -0.15) is 0 Å². The van der Waals surface area contributed by atoms with E-state index >= 15 is 0 Å². The molecule has 1 aromatic heterocycles. The summed E-state index contributed by atoms with van der Waals surface area (Å²) in [5, 5.41) is 25.8. The van der Waals surface area contributed by atoms with Crippen LogP contribution in [0.1, 0.15) is 31.2 Å². The Balaban J connectivity index is 2.07. The molecular formula is C22H33N9O4. The molecule has 0 bridgehead atoms. The molecule has 2 atom stereocenters. The minimum Gasteiger partial charge on any atom is -0.423 e. The fraction of sp³-hybridized carbons (Fsp3) is 0.409. The van der Waals surface area contributed by atoms with E-state index in [4.69, 9.17) is 32.4 Å². The number of hydrogen-bond acceptors (Lipinski definition) is 7. The Hall–Kier alpha value is -4.13. The van der Waals surface area contributed by atoms with Crippen molar-refractivity contribution in [2.45, 2.75) is 44.7 Å². The number of rotatable bonds is 12. The van der Waals surface area contributed by atoms with Gasteiger partial charge in [-0.15, -0.1) is 0 Å². The number of carbonyl (C=O) groups excluding carboxylic acids is 2. The Kier molecular flexibility index (Phi) is 10.0. The first-order chi connectivity index (χ1) is 16.6. The van der Waals surface area contributed by atoms with Gasteiger partial charge in [0.1, 0.15) is 11.6 Å². The van der Waals surface area contributed by atoms with Gasteiger partial charge in [-0.3, -0.25) is 20.4 Å². The molecule has 0 spiro atoms. The minimum atomic E-state index is -0.905. The summed E-state index contributed by atoms with van der Waals surface area (Å²) >= 11 is 0. The number of nitrogens with two attached hydrogens (primary N) is 3. The highest BCUT2D eigenvalue weighted by atomic mass is 16.4. The normalized spacial score (nSPS) is 12.4. The third-order valence-electron chi connectivity index (χ3n) is 5.18. The van der Waals surface area contributed by atoms with Crippen LogP contribution in [0.4, 0.5) is 5.69 Å². The summed E-state index contributed by atoms with van der Waals surface area (Å²) < 4.78 is 5.23. The maximum atomic E-state index is 13.0. The average Bonchev–Trinajstić information content (AvgIpc) is 2.77. The Morgan fingerprint density at radius 2 is 1.63 bits per heavy atom. The molecule has 2 unspecified atom stereocenters. The summed E-state index contributed by atoms with van der Waals surface area (Å²) in [6.45, 7) is 2.53. The van der Waals surface area contributed by atoms with Crippen LogP contribution in [0.2, 0.25) is 0 Å². The van der Waals surface area contributed by atoms with E-state index < -0.39 is 29.5 Å². The lowest BCUT2D eigenvalue weighted by Gasteiger charge is -2.21. The maximum Gasteiger partial charge on any atom is 0.336 e. The van der Waals surface area contributed by atoms with Crippen molar-refractivity contribution in [2.75, 3.05) is 18.4 Å². The third kappa shape index (κ3) is 8.97. The lowest BCUT2D eigenvalue weighted by molar-refractivity contribution is -0.127. The van der Waals surface area contributed by atoms with E-state index in [0.717, 1.165) is 10.9 Å². The Bertz CT molecular complexity index is 1130. The minimum absolute atomic E-state index is 0.165. The predicted octanol–water partition coefficient (Wildman–Crippen LogP) is -0.621. The number of amides is 2. The summed E-state index contributed by atoms with van der Waals surface area (Å²) in [6, 6.07) is 4.59. The van der Waals surface area contributed by atoms with Gasteiger partial charge in [0, 0.05) is 36.3 Å². The predicted molar refractivity (Wildman–Crippen MR) is 134 cm³/mol. The molecule has 1 aromatic carbocycles. The van der Waals surface area contributed by atoms with Crippen LogP contribution in [0.15, 0.2) is 33.5 Å². The van der Waals surface area contributed by atoms with Crippen molar-refractivity contribution in [2.24, 2.45) is 17.2 Å². The molecule has 13 heteroatoms. The SMILES string of the molecule is Cc1cc(=O)oc2cc(NC(=O)C(CCCNC(=N)N)NC(=O)C(N)CCCNC(=N)N)ccc12. The summed E-state index contributed by atoms with van der Waals surface area (Å²) in [7, 11) is 0. The standard InChI is InChI=1S/C22H33N9O4/c1-12-10-18(32)35-17-11-13(6-7-14(12)17)30-20(34)16(5-3-9-29-22(26)27)31-19(33)15(23)4-2-8-28-21(24)25/h6-7,10-11,15-16H,2-5,8-9,23H2,1H3,(H,30,34)(H,31,33)(H4,24,25,28)(H4,26,27,29). The lowest BCUT2D eigenvalue weighted by atomic mass is 10.1. The summed E-state index contributed by atoms with van der Waals surface area (Å²) in [6.07, 6.45) is 1.55. The smallest absolute Gasteiger partial charge is 0.336 e. The summed E-state index contributed by atoms with van der Waals surface area (Å²) in [4.78, 5) is 37.3. The number of aryl methyl sites for hydroxylation is 1. The lowest BCUT2D eigenvalue weighted by Crippen LogP contribution is -2.50. The molecule has 35 heavy (non-hydrogen) atoms. The van der Waals surface area contributed by atoms with Gasteiger partial charge in [0.05, 0.1) is 6.04 Å². The van der Waals surface area contributed by atoms with E-state index in [-0.39, 0.29) is 18.3 Å². The molecule has 0 aliphatic carbocycles. The number of benzene rings is 1. The first kappa shape index (κ1) is 27.1. The van der Waals surface area contributed by atoms with Gasteiger partial charge in [0.25, 0.3) is 0 Å². The van der Waals surface area contributed by atoms with Crippen LogP contribution in [0.25, 0.3) is 11.0 Å². The Labute approximate surface area is 202 Å². The highest BCUT2D eigenvalue weighted by Gasteiger charge is 2.24. The Morgan fingerprint density at radius 3 is 2.26 bits per heavy atom. The van der Waals surface area contributed by atoms with E-state index in [0.29, 0.717) is 43.6 Å². The van der Waals surface area contributed by atoms with E-state index in [2.05, 4.69) is 21.3 Å². The topological polar surface area (TPSA) is 238 Å². The van der Waals surface area contributed by atoms with Crippen LogP contribution in [0.5, 0.6) is 0 Å². The number of carbonyl (C=O) groups is 2. The second kappa shape index (κ2) is 12.9. The monoisotopic (exact) mass is 487 g/mol. The number of hydrogen-bond donors (Lipinski definition) is 9. The van der Waals surface area contributed by atoms with Crippen LogP contribution in [-0.4, -0.2) is 48.9 Å². The molecule has 0 aliphatic rings. The molecule has 13 nitrogen and oxygen atoms in total. The molecule has 12 N–H and O–H groups in total. The first-order valence-corrected chi connectivity index (χ1v) is 11.1. The molecule has 0 saturated carbocycles. The second-order valence-corrected chi connectivity index (χ2v) is 8.08. The highest BCUT2D eigenvalue weighted by Crippen LogP contribution is 2.21. The van der Waals surface area contributed by atoms with Gasteiger partial charge in [-0.05, 0) is 50.3 Å². The largest absolute Gasteiger partial charge is 0.423 e. The zero-order chi connectivity index (χ0) is 26.0. The fourth-order valence-corrected chi connectivity index (χ4v) is 3.38. The zero-order valence-electron chi connectivity index (χ0n) is 19.6.